The molecule has 1 aromatic carbocycles. The molecule has 7 nitrogen and oxygen atoms in total. The minimum Gasteiger partial charge on any atom is -0.363 e. The van der Waals surface area contributed by atoms with Crippen molar-refractivity contribution in [2.75, 3.05) is 29.6 Å². The van der Waals surface area contributed by atoms with Gasteiger partial charge in [-0.2, -0.15) is 4.98 Å². The van der Waals surface area contributed by atoms with E-state index in [1.807, 2.05) is 37.2 Å². The van der Waals surface area contributed by atoms with Crippen LogP contribution < -0.4 is 21.3 Å². The fourth-order valence-corrected chi connectivity index (χ4v) is 1.71. The summed E-state index contributed by atoms with van der Waals surface area (Å²) in [7, 11) is 3.85. The number of carbonyl (C=O) groups excluding carboxylic acids is 1. The van der Waals surface area contributed by atoms with Crippen molar-refractivity contribution in [3.8, 4) is 0 Å². The van der Waals surface area contributed by atoms with E-state index in [2.05, 4.69) is 20.6 Å². The maximum absolute atomic E-state index is 10.7. The molecule has 0 fully saturated rings. The molecule has 0 saturated carbocycles. The number of primary amides is 1. The third-order valence-electron chi connectivity index (χ3n) is 2.77. The second kappa shape index (κ2) is 6.56. The van der Waals surface area contributed by atoms with Gasteiger partial charge in [-0.1, -0.05) is 12.1 Å². The second-order valence-electron chi connectivity index (χ2n) is 4.67. The fraction of sp³-hybridized carbons (Fsp3) is 0.214. The van der Waals surface area contributed by atoms with E-state index in [0.29, 0.717) is 18.2 Å². The number of aromatic nitrogens is 2. The first kappa shape index (κ1) is 14.6. The molecule has 2 rings (SSSR count). The molecule has 2 amide bonds. The summed E-state index contributed by atoms with van der Waals surface area (Å²) in [6.07, 6.45) is 1.71. The normalized spacial score (nSPS) is 10.0. The summed E-state index contributed by atoms with van der Waals surface area (Å²) < 4.78 is 0. The lowest BCUT2D eigenvalue weighted by Crippen LogP contribution is -2.19. The number of hydrogen-bond donors (Lipinski definition) is 3. The lowest BCUT2D eigenvalue weighted by Gasteiger charge is -2.12. The van der Waals surface area contributed by atoms with Crippen molar-refractivity contribution < 1.29 is 4.79 Å². The van der Waals surface area contributed by atoms with Gasteiger partial charge in [0.2, 0.25) is 5.95 Å². The van der Waals surface area contributed by atoms with Gasteiger partial charge >= 0.3 is 6.03 Å². The highest BCUT2D eigenvalue weighted by molar-refractivity contribution is 5.87. The number of carbonyl (C=O) groups is 1. The molecule has 21 heavy (non-hydrogen) atoms. The molecule has 7 heteroatoms. The average Bonchev–Trinajstić information content (AvgIpc) is 2.46. The summed E-state index contributed by atoms with van der Waals surface area (Å²) in [4.78, 5) is 21.2. The minimum absolute atomic E-state index is 0.570. The largest absolute Gasteiger partial charge is 0.363 e. The zero-order valence-electron chi connectivity index (χ0n) is 12.0. The van der Waals surface area contributed by atoms with Crippen LogP contribution in [-0.2, 0) is 6.54 Å². The molecule has 2 aromatic rings. The first-order valence-corrected chi connectivity index (χ1v) is 6.44. The summed E-state index contributed by atoms with van der Waals surface area (Å²) in [5.41, 5.74) is 6.76. The molecule has 0 saturated heterocycles. The van der Waals surface area contributed by atoms with Crippen LogP contribution in [0.1, 0.15) is 5.56 Å². The minimum atomic E-state index is -0.574. The number of benzene rings is 1. The Hall–Kier alpha value is -2.83. The van der Waals surface area contributed by atoms with Gasteiger partial charge in [-0.05, 0) is 23.8 Å². The number of nitrogens with two attached hydrogens (primary N) is 1. The third-order valence-corrected chi connectivity index (χ3v) is 2.77. The predicted molar refractivity (Wildman–Crippen MR) is 83.3 cm³/mol. The van der Waals surface area contributed by atoms with Crippen LogP contribution in [0.5, 0.6) is 0 Å². The van der Waals surface area contributed by atoms with Crippen molar-refractivity contribution in [2.45, 2.75) is 6.54 Å². The Labute approximate surface area is 123 Å². The van der Waals surface area contributed by atoms with Crippen LogP contribution >= 0.6 is 0 Å². The Morgan fingerprint density at radius 3 is 2.57 bits per heavy atom. The Kier molecular flexibility index (Phi) is 4.55. The zero-order chi connectivity index (χ0) is 15.2. The molecule has 0 unspecified atom stereocenters. The van der Waals surface area contributed by atoms with E-state index in [1.165, 1.54) is 0 Å². The average molecular weight is 286 g/mol. The van der Waals surface area contributed by atoms with Crippen molar-refractivity contribution in [1.29, 1.82) is 0 Å². The van der Waals surface area contributed by atoms with E-state index in [9.17, 15) is 4.79 Å². The van der Waals surface area contributed by atoms with Crippen LogP contribution in [0.15, 0.2) is 36.5 Å². The summed E-state index contributed by atoms with van der Waals surface area (Å²) >= 11 is 0. The van der Waals surface area contributed by atoms with Gasteiger partial charge in [-0.25, -0.2) is 9.78 Å². The molecule has 1 aromatic heterocycles. The number of hydrogen-bond acceptors (Lipinski definition) is 5. The maximum atomic E-state index is 10.7. The van der Waals surface area contributed by atoms with Gasteiger partial charge in [-0.3, -0.25) is 0 Å². The summed E-state index contributed by atoms with van der Waals surface area (Å²) in [6.45, 7) is 0.591. The van der Waals surface area contributed by atoms with Gasteiger partial charge in [0.05, 0.1) is 0 Å². The highest BCUT2D eigenvalue weighted by atomic mass is 16.2. The molecular formula is C14H18N6O. The molecule has 1 heterocycles. The van der Waals surface area contributed by atoms with Gasteiger partial charge in [0.15, 0.2) is 0 Å². The highest BCUT2D eigenvalue weighted by Gasteiger charge is 2.01. The van der Waals surface area contributed by atoms with Crippen LogP contribution in [0, 0.1) is 0 Å². The first-order chi connectivity index (χ1) is 10.0. The van der Waals surface area contributed by atoms with E-state index in [1.54, 1.807) is 18.3 Å². The number of rotatable bonds is 5. The van der Waals surface area contributed by atoms with Gasteiger partial charge in [-0.15, -0.1) is 0 Å². The van der Waals surface area contributed by atoms with Crippen LogP contribution in [0.3, 0.4) is 0 Å². The Morgan fingerprint density at radius 1 is 1.24 bits per heavy atom. The molecule has 0 radical (unpaired) electrons. The summed E-state index contributed by atoms with van der Waals surface area (Å²) in [5.74, 6) is 1.41. The smallest absolute Gasteiger partial charge is 0.316 e. The van der Waals surface area contributed by atoms with E-state index in [4.69, 9.17) is 5.73 Å². The lowest BCUT2D eigenvalue weighted by atomic mass is 10.2. The number of nitrogens with one attached hydrogen (secondary N) is 2. The quantitative estimate of drug-likeness (QED) is 0.776. The summed E-state index contributed by atoms with van der Waals surface area (Å²) in [5, 5.41) is 5.67. The van der Waals surface area contributed by atoms with Gasteiger partial charge in [0.25, 0.3) is 0 Å². The fourth-order valence-electron chi connectivity index (χ4n) is 1.71. The molecular weight excluding hydrogens is 268 g/mol. The van der Waals surface area contributed by atoms with E-state index < -0.39 is 6.03 Å². The molecule has 0 atom stereocenters. The molecule has 4 N–H and O–H groups in total. The first-order valence-electron chi connectivity index (χ1n) is 6.44. The highest BCUT2D eigenvalue weighted by Crippen LogP contribution is 2.12. The lowest BCUT2D eigenvalue weighted by molar-refractivity contribution is 0.259. The van der Waals surface area contributed by atoms with Crippen LogP contribution in [0.25, 0.3) is 0 Å². The monoisotopic (exact) mass is 286 g/mol. The van der Waals surface area contributed by atoms with Crippen molar-refractivity contribution in [3.05, 3.63) is 42.1 Å². The molecule has 0 aliphatic carbocycles. The second-order valence-corrected chi connectivity index (χ2v) is 4.67. The topological polar surface area (TPSA) is 96.2 Å². The van der Waals surface area contributed by atoms with Crippen molar-refractivity contribution in [2.24, 2.45) is 5.73 Å². The number of amides is 2. The summed E-state index contributed by atoms with van der Waals surface area (Å²) in [6, 6.07) is 8.64. The number of nitrogens with zero attached hydrogens (tertiary/aromatic N) is 3. The van der Waals surface area contributed by atoms with E-state index in [0.717, 1.165) is 11.4 Å². The van der Waals surface area contributed by atoms with Crippen LogP contribution in [0.2, 0.25) is 0 Å². The van der Waals surface area contributed by atoms with Crippen LogP contribution in [0.4, 0.5) is 22.2 Å². The Morgan fingerprint density at radius 2 is 1.95 bits per heavy atom. The molecule has 0 aliphatic rings. The van der Waals surface area contributed by atoms with Crippen molar-refractivity contribution in [1.82, 2.24) is 9.97 Å². The standard InChI is InChI=1S/C14H18N6O/c1-20(2)12-7-8-16-14(19-12)17-9-10-3-5-11(6-4-10)18-13(15)21/h3-8H,9H2,1-2H3,(H3,15,18,21)(H,16,17,19). The predicted octanol–water partition coefficient (Wildman–Crippen LogP) is 1.65. The zero-order valence-corrected chi connectivity index (χ0v) is 12.0. The molecule has 0 aliphatic heterocycles. The Balaban J connectivity index is 1.96. The van der Waals surface area contributed by atoms with Gasteiger partial charge in [0, 0.05) is 32.5 Å². The Bertz CT molecular complexity index is 611. The number of urea groups is 1. The van der Waals surface area contributed by atoms with Crippen molar-refractivity contribution in [3.63, 3.8) is 0 Å². The van der Waals surface area contributed by atoms with Crippen LogP contribution in [-0.4, -0.2) is 30.1 Å². The molecule has 0 bridgehead atoms. The molecule has 110 valence electrons. The SMILES string of the molecule is CN(C)c1ccnc(NCc2ccc(NC(N)=O)cc2)n1. The number of anilines is 3. The van der Waals surface area contributed by atoms with Gasteiger partial charge < -0.3 is 21.3 Å². The van der Waals surface area contributed by atoms with E-state index in [-0.39, 0.29) is 0 Å². The third kappa shape index (κ3) is 4.34. The van der Waals surface area contributed by atoms with Crippen molar-refractivity contribution >= 4 is 23.5 Å². The molecule has 0 spiro atoms. The van der Waals surface area contributed by atoms with Gasteiger partial charge in [0.1, 0.15) is 5.82 Å². The van der Waals surface area contributed by atoms with E-state index >= 15 is 0 Å². The maximum Gasteiger partial charge on any atom is 0.316 e.